The van der Waals surface area contributed by atoms with Gasteiger partial charge < -0.3 is 10.3 Å². The van der Waals surface area contributed by atoms with E-state index in [9.17, 15) is 4.79 Å². The predicted octanol–water partition coefficient (Wildman–Crippen LogP) is 3.91. The molecule has 0 aliphatic carbocycles. The minimum absolute atomic E-state index is 0.234. The lowest BCUT2D eigenvalue weighted by Gasteiger charge is -2.05. The van der Waals surface area contributed by atoms with Crippen molar-refractivity contribution in [3.8, 4) is 0 Å². The van der Waals surface area contributed by atoms with Gasteiger partial charge in [-0.1, -0.05) is 39.7 Å². The van der Waals surface area contributed by atoms with Crippen molar-refractivity contribution in [3.63, 3.8) is 0 Å². The molecule has 0 saturated heterocycles. The highest BCUT2D eigenvalue weighted by Crippen LogP contribution is 2.21. The number of benzene rings is 2. The molecular weight excluding hydrogens is 354 g/mol. The van der Waals surface area contributed by atoms with Crippen LogP contribution in [0.3, 0.4) is 0 Å². The van der Waals surface area contributed by atoms with Gasteiger partial charge in [-0.05, 0) is 30.3 Å². The van der Waals surface area contributed by atoms with E-state index in [4.69, 9.17) is 11.6 Å². The van der Waals surface area contributed by atoms with Crippen molar-refractivity contribution in [2.45, 2.75) is 6.54 Å². The summed E-state index contributed by atoms with van der Waals surface area (Å²) in [4.78, 5) is 19.7. The van der Waals surface area contributed by atoms with E-state index in [0.29, 0.717) is 23.0 Å². The second-order valence-electron chi connectivity index (χ2n) is 4.51. The van der Waals surface area contributed by atoms with Gasteiger partial charge in [-0.3, -0.25) is 4.79 Å². The summed E-state index contributed by atoms with van der Waals surface area (Å²) in [6.07, 6.45) is 0. The lowest BCUT2D eigenvalue weighted by Crippen LogP contribution is -2.23. The van der Waals surface area contributed by atoms with E-state index in [1.807, 2.05) is 24.3 Å². The first-order chi connectivity index (χ1) is 10.1. The Morgan fingerprint density at radius 3 is 2.90 bits per heavy atom. The number of para-hydroxylation sites is 2. The Kier molecular flexibility index (Phi) is 3.94. The van der Waals surface area contributed by atoms with Crippen molar-refractivity contribution in [1.82, 2.24) is 15.3 Å². The van der Waals surface area contributed by atoms with Crippen molar-refractivity contribution < 1.29 is 4.79 Å². The van der Waals surface area contributed by atoms with Crippen LogP contribution in [0, 0.1) is 0 Å². The Hall–Kier alpha value is -1.85. The molecule has 0 bridgehead atoms. The maximum atomic E-state index is 12.1. The molecule has 21 heavy (non-hydrogen) atoms. The minimum Gasteiger partial charge on any atom is -0.345 e. The summed E-state index contributed by atoms with van der Waals surface area (Å²) in [5.74, 6) is 0.470. The molecule has 4 nitrogen and oxygen atoms in total. The van der Waals surface area contributed by atoms with Gasteiger partial charge in [-0.25, -0.2) is 4.98 Å². The molecule has 1 amide bonds. The summed E-state index contributed by atoms with van der Waals surface area (Å²) in [7, 11) is 0. The Morgan fingerprint density at radius 1 is 1.29 bits per heavy atom. The monoisotopic (exact) mass is 363 g/mol. The van der Waals surface area contributed by atoms with Gasteiger partial charge in [0, 0.05) is 4.47 Å². The maximum absolute atomic E-state index is 12.1. The minimum atomic E-state index is -0.234. The number of imidazole rings is 1. The number of aromatic nitrogens is 2. The molecule has 6 heteroatoms. The van der Waals surface area contributed by atoms with Crippen LogP contribution in [0.2, 0.25) is 5.02 Å². The molecule has 2 aromatic carbocycles. The number of nitrogens with one attached hydrogen (secondary N) is 2. The lowest BCUT2D eigenvalue weighted by molar-refractivity contribution is 0.0950. The van der Waals surface area contributed by atoms with Gasteiger partial charge in [0.05, 0.1) is 28.2 Å². The highest BCUT2D eigenvalue weighted by Gasteiger charge is 2.11. The van der Waals surface area contributed by atoms with E-state index < -0.39 is 0 Å². The SMILES string of the molecule is O=C(NCc1nc2ccccc2[nH]1)c1cc(Br)ccc1Cl. The van der Waals surface area contributed by atoms with Gasteiger partial charge in [0.2, 0.25) is 0 Å². The van der Waals surface area contributed by atoms with Gasteiger partial charge in [-0.2, -0.15) is 0 Å². The number of fused-ring (bicyclic) bond motifs is 1. The quantitative estimate of drug-likeness (QED) is 0.740. The van der Waals surface area contributed by atoms with Crippen LogP contribution < -0.4 is 5.32 Å². The molecule has 106 valence electrons. The number of rotatable bonds is 3. The van der Waals surface area contributed by atoms with E-state index in [-0.39, 0.29) is 5.91 Å². The zero-order valence-electron chi connectivity index (χ0n) is 10.9. The Labute approximate surface area is 134 Å². The van der Waals surface area contributed by atoms with Gasteiger partial charge in [0.15, 0.2) is 0 Å². The number of carbonyl (C=O) groups is 1. The number of hydrogen-bond acceptors (Lipinski definition) is 2. The number of nitrogens with zero attached hydrogens (tertiary/aromatic N) is 1. The Bertz CT molecular complexity index is 783. The summed E-state index contributed by atoms with van der Waals surface area (Å²) < 4.78 is 0.806. The maximum Gasteiger partial charge on any atom is 0.253 e. The van der Waals surface area contributed by atoms with Gasteiger partial charge in [0.25, 0.3) is 5.91 Å². The van der Waals surface area contributed by atoms with Crippen LogP contribution >= 0.6 is 27.5 Å². The Balaban J connectivity index is 1.74. The molecule has 0 saturated carbocycles. The summed E-state index contributed by atoms with van der Waals surface area (Å²) >= 11 is 9.36. The highest BCUT2D eigenvalue weighted by molar-refractivity contribution is 9.10. The van der Waals surface area contributed by atoms with Crippen LogP contribution in [0.4, 0.5) is 0 Å². The molecule has 0 aliphatic rings. The van der Waals surface area contributed by atoms with Crippen LogP contribution in [-0.2, 0) is 6.54 Å². The average molecular weight is 365 g/mol. The molecule has 1 aromatic heterocycles. The second-order valence-corrected chi connectivity index (χ2v) is 5.83. The van der Waals surface area contributed by atoms with Crippen molar-refractivity contribution >= 4 is 44.5 Å². The van der Waals surface area contributed by atoms with E-state index in [0.717, 1.165) is 15.5 Å². The Morgan fingerprint density at radius 2 is 2.10 bits per heavy atom. The molecule has 2 N–H and O–H groups in total. The third kappa shape index (κ3) is 3.09. The number of hydrogen-bond donors (Lipinski definition) is 2. The van der Waals surface area contributed by atoms with Crippen LogP contribution in [0.5, 0.6) is 0 Å². The van der Waals surface area contributed by atoms with Crippen molar-refractivity contribution in [2.75, 3.05) is 0 Å². The smallest absolute Gasteiger partial charge is 0.253 e. The molecule has 0 spiro atoms. The van der Waals surface area contributed by atoms with Crippen LogP contribution in [0.15, 0.2) is 46.9 Å². The van der Waals surface area contributed by atoms with Crippen molar-refractivity contribution in [1.29, 1.82) is 0 Å². The van der Waals surface area contributed by atoms with Crippen LogP contribution in [0.25, 0.3) is 11.0 Å². The fraction of sp³-hybridized carbons (Fsp3) is 0.0667. The van der Waals surface area contributed by atoms with Crippen molar-refractivity contribution in [3.05, 3.63) is 63.3 Å². The number of H-pyrrole nitrogens is 1. The molecule has 0 atom stereocenters. The molecule has 3 rings (SSSR count). The van der Waals surface area contributed by atoms with Crippen LogP contribution in [-0.4, -0.2) is 15.9 Å². The topological polar surface area (TPSA) is 57.8 Å². The third-order valence-corrected chi connectivity index (χ3v) is 3.85. The van der Waals surface area contributed by atoms with Crippen LogP contribution in [0.1, 0.15) is 16.2 Å². The molecule has 0 fully saturated rings. The van der Waals surface area contributed by atoms with E-state index in [1.54, 1.807) is 18.2 Å². The summed E-state index contributed by atoms with van der Waals surface area (Å²) in [5.41, 5.74) is 2.26. The van der Waals surface area contributed by atoms with E-state index >= 15 is 0 Å². The first-order valence-electron chi connectivity index (χ1n) is 6.30. The second kappa shape index (κ2) is 5.87. The molecule has 1 heterocycles. The number of halogens is 2. The summed E-state index contributed by atoms with van der Waals surface area (Å²) in [6, 6.07) is 12.9. The van der Waals surface area contributed by atoms with E-state index in [1.165, 1.54) is 0 Å². The number of aromatic amines is 1. The van der Waals surface area contributed by atoms with E-state index in [2.05, 4.69) is 31.2 Å². The fourth-order valence-corrected chi connectivity index (χ4v) is 2.58. The zero-order valence-corrected chi connectivity index (χ0v) is 13.2. The fourth-order valence-electron chi connectivity index (χ4n) is 2.02. The first kappa shape index (κ1) is 14.1. The lowest BCUT2D eigenvalue weighted by atomic mass is 10.2. The van der Waals surface area contributed by atoms with Gasteiger partial charge >= 0.3 is 0 Å². The summed E-state index contributed by atoms with van der Waals surface area (Å²) in [6.45, 7) is 0.316. The molecule has 0 unspecified atom stereocenters. The molecule has 3 aromatic rings. The number of carbonyl (C=O) groups excluding carboxylic acids is 1. The van der Waals surface area contributed by atoms with Gasteiger partial charge in [0.1, 0.15) is 5.82 Å². The average Bonchev–Trinajstić information content (AvgIpc) is 2.90. The molecule has 0 aliphatic heterocycles. The van der Waals surface area contributed by atoms with Gasteiger partial charge in [-0.15, -0.1) is 0 Å². The normalized spacial score (nSPS) is 10.8. The summed E-state index contributed by atoms with van der Waals surface area (Å²) in [5, 5.41) is 3.22. The third-order valence-electron chi connectivity index (χ3n) is 3.03. The largest absolute Gasteiger partial charge is 0.345 e. The van der Waals surface area contributed by atoms with Crippen molar-refractivity contribution in [2.24, 2.45) is 0 Å². The highest BCUT2D eigenvalue weighted by atomic mass is 79.9. The standard InChI is InChI=1S/C15H11BrClN3O/c16-9-5-6-11(17)10(7-9)15(21)18-8-14-19-12-3-1-2-4-13(12)20-14/h1-7H,8H2,(H,18,21)(H,19,20). The predicted molar refractivity (Wildman–Crippen MR) is 86.4 cm³/mol. The first-order valence-corrected chi connectivity index (χ1v) is 7.47. The zero-order chi connectivity index (χ0) is 14.8. The number of amides is 1. The molecule has 0 radical (unpaired) electrons. The molecular formula is C15H11BrClN3O.